The van der Waals surface area contributed by atoms with Gasteiger partial charge in [0.1, 0.15) is 5.41 Å². The zero-order valence-electron chi connectivity index (χ0n) is 12.8. The Morgan fingerprint density at radius 2 is 1.88 bits per heavy atom. The predicted molar refractivity (Wildman–Crippen MR) is 89.4 cm³/mol. The molecule has 1 aliphatic heterocycles. The van der Waals surface area contributed by atoms with E-state index in [1.165, 1.54) is 0 Å². The number of aromatic nitrogens is 2. The van der Waals surface area contributed by atoms with Crippen molar-refractivity contribution in [3.63, 3.8) is 0 Å². The molecule has 2 heterocycles. The van der Waals surface area contributed by atoms with Crippen LogP contribution in [0, 0.1) is 5.41 Å². The molecule has 7 nitrogen and oxygen atoms in total. The summed E-state index contributed by atoms with van der Waals surface area (Å²) in [5, 5.41) is 20.1. The Hall–Kier alpha value is -2.38. The highest BCUT2D eigenvalue weighted by atomic mass is 35.5. The predicted octanol–water partition coefficient (Wildman–Crippen LogP) is 1.92. The number of nitrogens with one attached hydrogen (secondary N) is 2. The van der Waals surface area contributed by atoms with Crippen LogP contribution in [0.25, 0.3) is 5.69 Å². The third-order valence-electron chi connectivity index (χ3n) is 4.22. The van der Waals surface area contributed by atoms with E-state index >= 15 is 0 Å². The van der Waals surface area contributed by atoms with Crippen molar-refractivity contribution in [2.24, 2.45) is 5.41 Å². The Balaban J connectivity index is 1.77. The van der Waals surface area contributed by atoms with Gasteiger partial charge in [-0.05, 0) is 50.2 Å². The second kappa shape index (κ2) is 6.62. The quantitative estimate of drug-likeness (QED) is 0.733. The fraction of sp³-hybridized carbons (Fsp3) is 0.312. The van der Waals surface area contributed by atoms with Gasteiger partial charge in [0.05, 0.1) is 5.69 Å². The van der Waals surface area contributed by atoms with E-state index < -0.39 is 17.3 Å². The lowest BCUT2D eigenvalue weighted by molar-refractivity contribution is -0.155. The largest absolute Gasteiger partial charge is 0.480 e. The van der Waals surface area contributed by atoms with Gasteiger partial charge in [-0.15, -0.1) is 0 Å². The van der Waals surface area contributed by atoms with E-state index in [-0.39, 0.29) is 12.8 Å². The minimum Gasteiger partial charge on any atom is -0.480 e. The molecule has 0 spiro atoms. The van der Waals surface area contributed by atoms with E-state index in [9.17, 15) is 14.7 Å². The summed E-state index contributed by atoms with van der Waals surface area (Å²) in [4.78, 5) is 24.2. The summed E-state index contributed by atoms with van der Waals surface area (Å²) in [5.41, 5.74) is -0.621. The molecule has 1 aromatic heterocycles. The van der Waals surface area contributed by atoms with Crippen LogP contribution in [-0.4, -0.2) is 39.9 Å². The standard InChI is InChI=1S/C16H17ClN4O3/c17-11-1-3-12(4-2-11)21-10-5-13(20-21)19-14(22)16(15(23)24)6-8-18-9-7-16/h1-5,10,18H,6-9H2,(H,23,24)(H,19,20,22). The molecule has 0 saturated carbocycles. The van der Waals surface area contributed by atoms with Crippen LogP contribution in [0.5, 0.6) is 0 Å². The average Bonchev–Trinajstić information content (AvgIpc) is 3.04. The lowest BCUT2D eigenvalue weighted by Gasteiger charge is -2.31. The molecule has 126 valence electrons. The van der Waals surface area contributed by atoms with Gasteiger partial charge >= 0.3 is 5.97 Å². The van der Waals surface area contributed by atoms with Crippen molar-refractivity contribution < 1.29 is 14.7 Å². The first-order valence-corrected chi connectivity index (χ1v) is 7.96. The topological polar surface area (TPSA) is 96.2 Å². The number of halogens is 1. The van der Waals surface area contributed by atoms with Gasteiger partial charge in [0.25, 0.3) is 0 Å². The van der Waals surface area contributed by atoms with Crippen molar-refractivity contribution in [1.82, 2.24) is 15.1 Å². The Morgan fingerprint density at radius 3 is 2.50 bits per heavy atom. The van der Waals surface area contributed by atoms with E-state index in [0.29, 0.717) is 23.9 Å². The number of carboxylic acid groups (broad SMARTS) is 1. The molecule has 1 saturated heterocycles. The van der Waals surface area contributed by atoms with Crippen molar-refractivity contribution in [3.05, 3.63) is 41.6 Å². The first-order valence-electron chi connectivity index (χ1n) is 7.58. The molecule has 0 bridgehead atoms. The van der Waals surface area contributed by atoms with Crippen LogP contribution >= 0.6 is 11.6 Å². The third-order valence-corrected chi connectivity index (χ3v) is 4.47. The molecule has 8 heteroatoms. The minimum absolute atomic E-state index is 0.256. The lowest BCUT2D eigenvalue weighted by Crippen LogP contribution is -2.50. The van der Waals surface area contributed by atoms with Crippen LogP contribution in [0.3, 0.4) is 0 Å². The van der Waals surface area contributed by atoms with Crippen LogP contribution in [0.2, 0.25) is 5.02 Å². The first-order chi connectivity index (χ1) is 11.5. The molecule has 1 aromatic carbocycles. The minimum atomic E-state index is -1.41. The number of nitrogens with zero attached hydrogens (tertiary/aromatic N) is 2. The first kappa shape index (κ1) is 16.5. The molecule has 0 radical (unpaired) electrons. The van der Waals surface area contributed by atoms with Crippen molar-refractivity contribution in [1.29, 1.82) is 0 Å². The number of rotatable bonds is 4. The highest BCUT2D eigenvalue weighted by molar-refractivity contribution is 6.30. The zero-order valence-corrected chi connectivity index (χ0v) is 13.6. The lowest BCUT2D eigenvalue weighted by atomic mass is 9.78. The fourth-order valence-corrected chi connectivity index (χ4v) is 2.88. The second-order valence-electron chi connectivity index (χ2n) is 5.71. The normalized spacial score (nSPS) is 16.5. The molecule has 2 aromatic rings. The van der Waals surface area contributed by atoms with Crippen molar-refractivity contribution in [3.8, 4) is 5.69 Å². The molecular weight excluding hydrogens is 332 g/mol. The summed E-state index contributed by atoms with van der Waals surface area (Å²) in [7, 11) is 0. The van der Waals surface area contributed by atoms with Gasteiger partial charge in [-0.3, -0.25) is 9.59 Å². The molecule has 0 atom stereocenters. The van der Waals surface area contributed by atoms with Crippen LogP contribution in [0.4, 0.5) is 5.82 Å². The fourth-order valence-electron chi connectivity index (χ4n) is 2.76. The number of carbonyl (C=O) groups excluding carboxylic acids is 1. The summed E-state index contributed by atoms with van der Waals surface area (Å²) in [6.45, 7) is 0.998. The van der Waals surface area contributed by atoms with Crippen molar-refractivity contribution in [2.75, 3.05) is 18.4 Å². The van der Waals surface area contributed by atoms with E-state index in [1.807, 2.05) is 0 Å². The highest BCUT2D eigenvalue weighted by Crippen LogP contribution is 2.30. The Kier molecular flexibility index (Phi) is 4.55. The number of hydrogen-bond acceptors (Lipinski definition) is 4. The van der Waals surface area contributed by atoms with Crippen LogP contribution in [0.15, 0.2) is 36.5 Å². The Bertz CT molecular complexity index is 751. The van der Waals surface area contributed by atoms with E-state index in [0.717, 1.165) is 5.69 Å². The average molecular weight is 349 g/mol. The molecule has 1 amide bonds. The summed E-state index contributed by atoms with van der Waals surface area (Å²) >= 11 is 5.86. The molecule has 3 N–H and O–H groups in total. The van der Waals surface area contributed by atoms with Gasteiger partial charge in [-0.2, -0.15) is 5.10 Å². The van der Waals surface area contributed by atoms with Gasteiger partial charge in [0.15, 0.2) is 5.82 Å². The summed E-state index contributed by atoms with van der Waals surface area (Å²) < 4.78 is 1.59. The molecule has 1 fully saturated rings. The van der Waals surface area contributed by atoms with Crippen LogP contribution < -0.4 is 10.6 Å². The summed E-state index contributed by atoms with van der Waals surface area (Å²) in [6.07, 6.45) is 2.20. The van der Waals surface area contributed by atoms with Crippen LogP contribution in [0.1, 0.15) is 12.8 Å². The SMILES string of the molecule is O=C(O)C1(C(=O)Nc2ccn(-c3ccc(Cl)cc3)n2)CCNCC1. The number of benzene rings is 1. The van der Waals surface area contributed by atoms with Crippen molar-refractivity contribution in [2.45, 2.75) is 12.8 Å². The number of piperidine rings is 1. The number of hydrogen-bond donors (Lipinski definition) is 3. The van der Waals surface area contributed by atoms with E-state index in [2.05, 4.69) is 15.7 Å². The second-order valence-corrected chi connectivity index (χ2v) is 6.15. The number of aliphatic carboxylic acids is 1. The molecule has 24 heavy (non-hydrogen) atoms. The number of anilines is 1. The van der Waals surface area contributed by atoms with Gasteiger partial charge in [0, 0.05) is 17.3 Å². The maximum atomic E-state index is 12.5. The molecular formula is C16H17ClN4O3. The van der Waals surface area contributed by atoms with E-state index in [4.69, 9.17) is 11.6 Å². The highest BCUT2D eigenvalue weighted by Gasteiger charge is 2.47. The zero-order chi connectivity index (χ0) is 17.2. The van der Waals surface area contributed by atoms with Crippen LogP contribution in [-0.2, 0) is 9.59 Å². The number of carbonyl (C=O) groups is 2. The van der Waals surface area contributed by atoms with E-state index in [1.54, 1.807) is 41.2 Å². The monoisotopic (exact) mass is 348 g/mol. The Labute approximate surface area is 143 Å². The van der Waals surface area contributed by atoms with Gasteiger partial charge < -0.3 is 15.7 Å². The Morgan fingerprint density at radius 1 is 1.21 bits per heavy atom. The number of carboxylic acids is 1. The van der Waals surface area contributed by atoms with Gasteiger partial charge in [-0.25, -0.2) is 4.68 Å². The summed E-state index contributed by atoms with van der Waals surface area (Å²) in [5.74, 6) is -1.31. The molecule has 1 aliphatic rings. The van der Waals surface area contributed by atoms with Gasteiger partial charge in [-0.1, -0.05) is 11.6 Å². The smallest absolute Gasteiger partial charge is 0.319 e. The number of amides is 1. The third kappa shape index (κ3) is 3.13. The molecule has 3 rings (SSSR count). The van der Waals surface area contributed by atoms with Crippen molar-refractivity contribution >= 4 is 29.3 Å². The van der Waals surface area contributed by atoms with Gasteiger partial charge in [0.2, 0.25) is 5.91 Å². The summed E-state index contributed by atoms with van der Waals surface area (Å²) in [6, 6.07) is 8.71. The molecule has 0 unspecified atom stereocenters. The maximum absolute atomic E-state index is 12.5. The molecule has 0 aliphatic carbocycles. The maximum Gasteiger partial charge on any atom is 0.319 e.